The molecule has 0 aliphatic rings. The summed E-state index contributed by atoms with van der Waals surface area (Å²) in [6.07, 6.45) is -1.66. The quantitative estimate of drug-likeness (QED) is 0.131. The van der Waals surface area contributed by atoms with E-state index in [-0.39, 0.29) is 12.2 Å². The molecule has 0 saturated carbocycles. The third-order valence-electron chi connectivity index (χ3n) is 4.46. The van der Waals surface area contributed by atoms with Crippen molar-refractivity contribution in [2.75, 3.05) is 5.75 Å². The van der Waals surface area contributed by atoms with Crippen molar-refractivity contribution in [3.8, 4) is 0 Å². The average molecular weight is 499 g/mol. The summed E-state index contributed by atoms with van der Waals surface area (Å²) in [5.74, 6) is -7.47. The van der Waals surface area contributed by atoms with Crippen LogP contribution in [0.2, 0.25) is 0 Å². The van der Waals surface area contributed by atoms with Gasteiger partial charge in [0.1, 0.15) is 18.1 Å². The second-order valence-corrected chi connectivity index (χ2v) is 7.56. The topological polar surface area (TPSA) is 225 Å². The largest absolute Gasteiger partial charge is 0.481 e. The van der Waals surface area contributed by atoms with Crippen LogP contribution in [-0.4, -0.2) is 80.9 Å². The Balaban J connectivity index is 3.09. The van der Waals surface area contributed by atoms with Gasteiger partial charge >= 0.3 is 17.9 Å². The summed E-state index contributed by atoms with van der Waals surface area (Å²) in [4.78, 5) is 70.9. The first-order valence-electron chi connectivity index (χ1n) is 9.92. The monoisotopic (exact) mass is 498 g/mol. The van der Waals surface area contributed by atoms with E-state index in [1.165, 1.54) is 0 Å². The summed E-state index contributed by atoms with van der Waals surface area (Å²) >= 11 is 3.81. The van der Waals surface area contributed by atoms with Gasteiger partial charge in [-0.2, -0.15) is 12.6 Å². The van der Waals surface area contributed by atoms with Crippen LogP contribution in [0.1, 0.15) is 18.4 Å². The van der Waals surface area contributed by atoms with Crippen molar-refractivity contribution in [2.24, 2.45) is 5.73 Å². The van der Waals surface area contributed by atoms with Crippen LogP contribution in [0.4, 0.5) is 0 Å². The average Bonchev–Trinajstić information content (AvgIpc) is 2.75. The number of nitrogens with one attached hydrogen (secondary N) is 3. The Morgan fingerprint density at radius 1 is 0.765 bits per heavy atom. The minimum Gasteiger partial charge on any atom is -0.481 e. The summed E-state index contributed by atoms with van der Waals surface area (Å²) in [5, 5.41) is 33.6. The normalized spacial score (nSPS) is 14.1. The van der Waals surface area contributed by atoms with Gasteiger partial charge in [-0.05, 0) is 5.56 Å². The minimum atomic E-state index is -1.67. The third kappa shape index (κ3) is 9.87. The Labute approximate surface area is 199 Å². The van der Waals surface area contributed by atoms with E-state index >= 15 is 0 Å². The van der Waals surface area contributed by atoms with Gasteiger partial charge in [-0.1, -0.05) is 30.3 Å². The molecule has 186 valence electrons. The van der Waals surface area contributed by atoms with Crippen LogP contribution >= 0.6 is 12.6 Å². The number of thiol groups is 1. The first kappa shape index (κ1) is 28.4. The van der Waals surface area contributed by atoms with Gasteiger partial charge in [-0.3, -0.25) is 24.0 Å². The highest BCUT2D eigenvalue weighted by Crippen LogP contribution is 2.06. The molecule has 0 radical (unpaired) electrons. The molecular weight excluding hydrogens is 472 g/mol. The number of carboxylic acid groups (broad SMARTS) is 3. The highest BCUT2D eigenvalue weighted by molar-refractivity contribution is 7.80. The number of rotatable bonds is 14. The van der Waals surface area contributed by atoms with Crippen molar-refractivity contribution < 1.29 is 44.1 Å². The van der Waals surface area contributed by atoms with Crippen LogP contribution < -0.4 is 21.7 Å². The maximum Gasteiger partial charge on any atom is 0.327 e. The molecule has 3 amide bonds. The zero-order valence-corrected chi connectivity index (χ0v) is 18.7. The van der Waals surface area contributed by atoms with E-state index in [4.69, 9.17) is 21.1 Å². The summed E-state index contributed by atoms with van der Waals surface area (Å²) in [5.41, 5.74) is 6.14. The third-order valence-corrected chi connectivity index (χ3v) is 4.82. The van der Waals surface area contributed by atoms with E-state index in [1.807, 2.05) is 0 Å². The molecule has 13 nitrogen and oxygen atoms in total. The maximum atomic E-state index is 12.9. The van der Waals surface area contributed by atoms with E-state index in [0.29, 0.717) is 5.56 Å². The Morgan fingerprint density at radius 3 is 1.76 bits per heavy atom. The molecule has 0 bridgehead atoms. The van der Waals surface area contributed by atoms with Gasteiger partial charge in [0.2, 0.25) is 17.7 Å². The predicted octanol–water partition coefficient (Wildman–Crippen LogP) is -2.03. The number of hydrogen-bond acceptors (Lipinski definition) is 8. The number of hydrogen-bond donors (Lipinski definition) is 8. The van der Waals surface area contributed by atoms with E-state index in [0.717, 1.165) is 0 Å². The lowest BCUT2D eigenvalue weighted by atomic mass is 10.0. The molecule has 0 aliphatic carbocycles. The zero-order valence-electron chi connectivity index (χ0n) is 17.8. The summed E-state index contributed by atoms with van der Waals surface area (Å²) in [6.45, 7) is 0. The number of amides is 3. The summed E-state index contributed by atoms with van der Waals surface area (Å²) in [7, 11) is 0. The van der Waals surface area contributed by atoms with Gasteiger partial charge < -0.3 is 37.0 Å². The van der Waals surface area contributed by atoms with Gasteiger partial charge in [0.25, 0.3) is 0 Å². The molecule has 4 unspecified atom stereocenters. The van der Waals surface area contributed by atoms with Crippen LogP contribution in [0, 0.1) is 0 Å². The van der Waals surface area contributed by atoms with E-state index in [9.17, 15) is 28.8 Å². The fourth-order valence-electron chi connectivity index (χ4n) is 2.73. The van der Waals surface area contributed by atoms with Gasteiger partial charge in [0, 0.05) is 12.2 Å². The molecule has 1 aromatic rings. The standard InChI is InChI=1S/C20H26N4O9S/c21-11(7-15(25)26)17(29)22-12(6-10-4-2-1-3-5-10)18(30)23-13(8-16(27)28)19(31)24-14(9-34)20(32)33/h1-5,11-14,34H,6-9,21H2,(H,22,29)(H,23,30)(H,24,31)(H,25,26)(H,27,28)(H,32,33). The SMILES string of the molecule is NC(CC(=O)O)C(=O)NC(Cc1ccccc1)C(=O)NC(CC(=O)O)C(=O)NC(CS)C(=O)O. The second-order valence-electron chi connectivity index (χ2n) is 7.20. The number of carbonyl (C=O) groups is 6. The smallest absolute Gasteiger partial charge is 0.327 e. The first-order valence-corrected chi connectivity index (χ1v) is 10.6. The van der Waals surface area contributed by atoms with Crippen LogP contribution in [0.25, 0.3) is 0 Å². The fourth-order valence-corrected chi connectivity index (χ4v) is 2.98. The van der Waals surface area contributed by atoms with Crippen molar-refractivity contribution in [1.82, 2.24) is 16.0 Å². The lowest BCUT2D eigenvalue weighted by Crippen LogP contribution is -2.58. The van der Waals surface area contributed by atoms with Crippen molar-refractivity contribution >= 4 is 48.3 Å². The van der Waals surface area contributed by atoms with Crippen molar-refractivity contribution in [1.29, 1.82) is 0 Å². The number of benzene rings is 1. The molecule has 0 fully saturated rings. The first-order chi connectivity index (χ1) is 15.9. The number of carbonyl (C=O) groups excluding carboxylic acids is 3. The number of carboxylic acids is 3. The van der Waals surface area contributed by atoms with Crippen LogP contribution in [0.5, 0.6) is 0 Å². The molecule has 0 aromatic heterocycles. The van der Waals surface area contributed by atoms with Crippen LogP contribution in [-0.2, 0) is 35.2 Å². The summed E-state index contributed by atoms with van der Waals surface area (Å²) < 4.78 is 0. The molecule has 1 aromatic carbocycles. The molecule has 0 aliphatic heterocycles. The van der Waals surface area contributed by atoms with E-state index in [2.05, 4.69) is 28.6 Å². The zero-order chi connectivity index (χ0) is 25.8. The lowest BCUT2D eigenvalue weighted by molar-refractivity contribution is -0.143. The van der Waals surface area contributed by atoms with Crippen molar-refractivity contribution in [3.05, 3.63) is 35.9 Å². The van der Waals surface area contributed by atoms with E-state index in [1.54, 1.807) is 30.3 Å². The van der Waals surface area contributed by atoms with Crippen LogP contribution in [0.3, 0.4) is 0 Å². The number of aliphatic carboxylic acids is 3. The molecular formula is C20H26N4O9S. The van der Waals surface area contributed by atoms with Crippen LogP contribution in [0.15, 0.2) is 30.3 Å². The van der Waals surface area contributed by atoms with E-state index < -0.39 is 72.6 Å². The minimum absolute atomic E-state index is 0.0893. The van der Waals surface area contributed by atoms with Gasteiger partial charge in [-0.15, -0.1) is 0 Å². The Morgan fingerprint density at radius 2 is 1.26 bits per heavy atom. The highest BCUT2D eigenvalue weighted by Gasteiger charge is 2.31. The Bertz CT molecular complexity index is 913. The highest BCUT2D eigenvalue weighted by atomic mass is 32.1. The lowest BCUT2D eigenvalue weighted by Gasteiger charge is -2.24. The molecule has 4 atom stereocenters. The molecule has 8 N–H and O–H groups in total. The molecule has 1 rings (SSSR count). The molecule has 34 heavy (non-hydrogen) atoms. The van der Waals surface area contributed by atoms with Gasteiger partial charge in [0.15, 0.2) is 0 Å². The maximum absolute atomic E-state index is 12.9. The number of nitrogens with two attached hydrogens (primary N) is 1. The Hall–Kier alpha value is -3.65. The molecule has 14 heteroatoms. The molecule has 0 heterocycles. The molecule has 0 saturated heterocycles. The van der Waals surface area contributed by atoms with Crippen molar-refractivity contribution in [3.63, 3.8) is 0 Å². The fraction of sp³-hybridized carbons (Fsp3) is 0.400. The summed E-state index contributed by atoms with van der Waals surface area (Å²) in [6, 6.07) is 2.44. The predicted molar refractivity (Wildman–Crippen MR) is 120 cm³/mol. The van der Waals surface area contributed by atoms with Gasteiger partial charge in [0.05, 0.1) is 18.9 Å². The second kappa shape index (κ2) is 13.8. The molecule has 0 spiro atoms. The van der Waals surface area contributed by atoms with Gasteiger partial charge in [-0.25, -0.2) is 4.79 Å². The van der Waals surface area contributed by atoms with Crippen molar-refractivity contribution in [2.45, 2.75) is 43.4 Å². The Kier molecular flexibility index (Phi) is 11.5.